The predicted molar refractivity (Wildman–Crippen MR) is 78.7 cm³/mol. The zero-order chi connectivity index (χ0) is 14.7. The van der Waals surface area contributed by atoms with Gasteiger partial charge in [-0.15, -0.1) is 10.2 Å². The van der Waals surface area contributed by atoms with Crippen molar-refractivity contribution in [3.05, 3.63) is 30.2 Å². The quantitative estimate of drug-likeness (QED) is 0.902. The average Bonchev–Trinajstić information content (AvgIpc) is 2.95. The number of nitrogens with one attached hydrogen (secondary N) is 2. The lowest BCUT2D eigenvalue weighted by Gasteiger charge is -2.22. The second kappa shape index (κ2) is 6.05. The molecule has 6 nitrogen and oxygen atoms in total. The van der Waals surface area contributed by atoms with E-state index in [1.165, 1.54) is 0 Å². The molecule has 1 aromatic heterocycles. The highest BCUT2D eigenvalue weighted by Crippen LogP contribution is 2.27. The molecule has 0 bridgehead atoms. The van der Waals surface area contributed by atoms with Gasteiger partial charge in [-0.2, -0.15) is 0 Å². The first-order valence-corrected chi connectivity index (χ1v) is 7.15. The van der Waals surface area contributed by atoms with Gasteiger partial charge in [-0.05, 0) is 31.5 Å². The van der Waals surface area contributed by atoms with Crippen molar-refractivity contribution in [3.63, 3.8) is 0 Å². The number of aromatic nitrogens is 2. The summed E-state index contributed by atoms with van der Waals surface area (Å²) >= 11 is 0. The lowest BCUT2D eigenvalue weighted by Crippen LogP contribution is -2.37. The molecule has 1 aliphatic heterocycles. The van der Waals surface area contributed by atoms with E-state index in [0.29, 0.717) is 17.5 Å². The fourth-order valence-electron chi connectivity index (χ4n) is 2.49. The van der Waals surface area contributed by atoms with Crippen molar-refractivity contribution >= 4 is 11.6 Å². The van der Waals surface area contributed by atoms with Gasteiger partial charge in [0.2, 0.25) is 17.7 Å². The normalized spacial score (nSPS) is 18.4. The Bertz CT molecular complexity index is 632. The number of anilines is 1. The number of carbonyl (C=O) groups excluding carboxylic acids is 1. The molecule has 2 aromatic rings. The fourth-order valence-corrected chi connectivity index (χ4v) is 2.49. The monoisotopic (exact) mass is 286 g/mol. The van der Waals surface area contributed by atoms with Crippen molar-refractivity contribution in [2.24, 2.45) is 5.92 Å². The average molecular weight is 286 g/mol. The van der Waals surface area contributed by atoms with Crippen molar-refractivity contribution in [2.45, 2.75) is 19.8 Å². The standard InChI is InChI=1S/C15H18N4O2/c1-10-18-19-15(21-10)12-6-2-3-7-13(12)17-14(20)11-5-4-8-16-9-11/h2-3,6-7,11,16H,4-5,8-9H2,1H3,(H,17,20)/t11-/m0/s1. The first-order valence-electron chi connectivity index (χ1n) is 7.15. The molecule has 1 aliphatic rings. The molecule has 2 heterocycles. The smallest absolute Gasteiger partial charge is 0.249 e. The molecule has 1 atom stereocenters. The van der Waals surface area contributed by atoms with Gasteiger partial charge in [-0.3, -0.25) is 4.79 Å². The van der Waals surface area contributed by atoms with Crippen LogP contribution in [0.4, 0.5) is 5.69 Å². The number of amides is 1. The molecule has 0 aliphatic carbocycles. The van der Waals surface area contributed by atoms with E-state index in [2.05, 4.69) is 20.8 Å². The zero-order valence-corrected chi connectivity index (χ0v) is 11.9. The van der Waals surface area contributed by atoms with Crippen molar-refractivity contribution in [1.82, 2.24) is 15.5 Å². The predicted octanol–water partition coefficient (Wildman–Crippen LogP) is 1.98. The van der Waals surface area contributed by atoms with Gasteiger partial charge in [0, 0.05) is 13.5 Å². The van der Waals surface area contributed by atoms with E-state index in [1.54, 1.807) is 6.92 Å². The highest BCUT2D eigenvalue weighted by Gasteiger charge is 2.22. The molecule has 3 rings (SSSR count). The molecule has 1 aromatic carbocycles. The Hall–Kier alpha value is -2.21. The third-order valence-electron chi connectivity index (χ3n) is 3.61. The molecular formula is C15H18N4O2. The topological polar surface area (TPSA) is 80.0 Å². The summed E-state index contributed by atoms with van der Waals surface area (Å²) in [6.07, 6.45) is 1.95. The molecule has 1 amide bonds. The largest absolute Gasteiger partial charge is 0.421 e. The van der Waals surface area contributed by atoms with Gasteiger partial charge in [-0.1, -0.05) is 12.1 Å². The summed E-state index contributed by atoms with van der Waals surface area (Å²) in [5.41, 5.74) is 1.45. The van der Waals surface area contributed by atoms with E-state index >= 15 is 0 Å². The van der Waals surface area contributed by atoms with E-state index in [4.69, 9.17) is 4.42 Å². The highest BCUT2D eigenvalue weighted by atomic mass is 16.4. The summed E-state index contributed by atoms with van der Waals surface area (Å²) < 4.78 is 5.45. The maximum absolute atomic E-state index is 12.3. The van der Waals surface area contributed by atoms with Crippen LogP contribution >= 0.6 is 0 Å². The van der Waals surface area contributed by atoms with Crippen LogP contribution in [-0.4, -0.2) is 29.2 Å². The third-order valence-corrected chi connectivity index (χ3v) is 3.61. The van der Waals surface area contributed by atoms with Crippen molar-refractivity contribution < 1.29 is 9.21 Å². The summed E-state index contributed by atoms with van der Waals surface area (Å²) in [5, 5.41) is 14.1. The van der Waals surface area contributed by atoms with Crippen LogP contribution in [0, 0.1) is 12.8 Å². The second-order valence-electron chi connectivity index (χ2n) is 5.20. The van der Waals surface area contributed by atoms with Crippen LogP contribution in [0.5, 0.6) is 0 Å². The Morgan fingerprint density at radius 2 is 2.24 bits per heavy atom. The Kier molecular flexibility index (Phi) is 3.96. The summed E-state index contributed by atoms with van der Waals surface area (Å²) in [6, 6.07) is 7.47. The maximum atomic E-state index is 12.3. The van der Waals surface area contributed by atoms with Crippen LogP contribution < -0.4 is 10.6 Å². The van der Waals surface area contributed by atoms with Gasteiger partial charge >= 0.3 is 0 Å². The number of piperidine rings is 1. The minimum atomic E-state index is 0.0104. The Morgan fingerprint density at radius 3 is 2.95 bits per heavy atom. The third kappa shape index (κ3) is 3.11. The van der Waals surface area contributed by atoms with Gasteiger partial charge < -0.3 is 15.1 Å². The lowest BCUT2D eigenvalue weighted by molar-refractivity contribution is -0.120. The maximum Gasteiger partial charge on any atom is 0.249 e. The van der Waals surface area contributed by atoms with Crippen LogP contribution in [0.25, 0.3) is 11.5 Å². The van der Waals surface area contributed by atoms with Gasteiger partial charge in [0.25, 0.3) is 0 Å². The fraction of sp³-hybridized carbons (Fsp3) is 0.400. The van der Waals surface area contributed by atoms with E-state index < -0.39 is 0 Å². The molecule has 1 saturated heterocycles. The number of hydrogen-bond acceptors (Lipinski definition) is 5. The molecule has 0 saturated carbocycles. The van der Waals surface area contributed by atoms with E-state index in [-0.39, 0.29) is 11.8 Å². The molecule has 6 heteroatoms. The summed E-state index contributed by atoms with van der Waals surface area (Å²) in [4.78, 5) is 12.3. The van der Waals surface area contributed by atoms with Gasteiger partial charge in [0.05, 0.1) is 17.2 Å². The Labute approximate surface area is 123 Å². The van der Waals surface area contributed by atoms with Gasteiger partial charge in [0.1, 0.15) is 0 Å². The molecule has 2 N–H and O–H groups in total. The lowest BCUT2D eigenvalue weighted by atomic mass is 9.98. The summed E-state index contributed by atoms with van der Waals surface area (Å²) in [6.45, 7) is 3.46. The Balaban J connectivity index is 1.80. The molecule has 1 fully saturated rings. The van der Waals surface area contributed by atoms with Crippen LogP contribution in [0.2, 0.25) is 0 Å². The first kappa shape index (κ1) is 13.8. The van der Waals surface area contributed by atoms with Gasteiger partial charge in [-0.25, -0.2) is 0 Å². The molecule has 0 unspecified atom stereocenters. The molecule has 21 heavy (non-hydrogen) atoms. The number of nitrogens with zero attached hydrogens (tertiary/aromatic N) is 2. The zero-order valence-electron chi connectivity index (χ0n) is 11.9. The minimum Gasteiger partial charge on any atom is -0.421 e. The summed E-state index contributed by atoms with van der Waals surface area (Å²) in [5.74, 6) is 0.967. The number of para-hydroxylation sites is 1. The van der Waals surface area contributed by atoms with Crippen LogP contribution in [0.1, 0.15) is 18.7 Å². The minimum absolute atomic E-state index is 0.0104. The SMILES string of the molecule is Cc1nnc(-c2ccccc2NC(=O)[C@H]2CCCNC2)o1. The van der Waals surface area contributed by atoms with Crippen LogP contribution in [0.15, 0.2) is 28.7 Å². The number of aryl methyl sites for hydroxylation is 1. The number of benzene rings is 1. The molecule has 110 valence electrons. The van der Waals surface area contributed by atoms with Crippen LogP contribution in [0.3, 0.4) is 0 Å². The van der Waals surface area contributed by atoms with E-state index in [9.17, 15) is 4.79 Å². The number of carbonyl (C=O) groups is 1. The summed E-state index contributed by atoms with van der Waals surface area (Å²) in [7, 11) is 0. The molecular weight excluding hydrogens is 268 g/mol. The van der Waals surface area contributed by atoms with Crippen molar-refractivity contribution in [1.29, 1.82) is 0 Å². The van der Waals surface area contributed by atoms with Crippen molar-refractivity contribution in [2.75, 3.05) is 18.4 Å². The molecule has 0 spiro atoms. The number of hydrogen-bond donors (Lipinski definition) is 2. The highest BCUT2D eigenvalue weighted by molar-refractivity contribution is 5.96. The van der Waals surface area contributed by atoms with E-state index in [0.717, 1.165) is 31.5 Å². The van der Waals surface area contributed by atoms with Crippen molar-refractivity contribution in [3.8, 4) is 11.5 Å². The van der Waals surface area contributed by atoms with Gasteiger partial charge in [0.15, 0.2) is 0 Å². The molecule has 0 radical (unpaired) electrons. The van der Waals surface area contributed by atoms with Crippen LogP contribution in [-0.2, 0) is 4.79 Å². The number of rotatable bonds is 3. The van der Waals surface area contributed by atoms with E-state index in [1.807, 2.05) is 24.3 Å². The first-order chi connectivity index (χ1) is 10.2. The second-order valence-corrected chi connectivity index (χ2v) is 5.20. The Morgan fingerprint density at radius 1 is 1.38 bits per heavy atom.